The van der Waals surface area contributed by atoms with Crippen LogP contribution in [0.15, 0.2) is 0 Å². The number of carbonyl (C=O) groups excluding carboxylic acids is 1. The summed E-state index contributed by atoms with van der Waals surface area (Å²) in [6, 6.07) is 0.178. The lowest BCUT2D eigenvalue weighted by Crippen LogP contribution is -2.43. The molecular formula is C10H18N2O3S. The van der Waals surface area contributed by atoms with E-state index in [0.717, 1.165) is 17.9 Å². The minimum absolute atomic E-state index is 0.0992. The fourth-order valence-corrected chi connectivity index (χ4v) is 2.65. The van der Waals surface area contributed by atoms with Crippen LogP contribution in [0, 0.1) is 0 Å². The molecule has 0 bridgehead atoms. The van der Waals surface area contributed by atoms with Gasteiger partial charge in [0.25, 0.3) is 0 Å². The van der Waals surface area contributed by atoms with Crippen LogP contribution < -0.4 is 5.32 Å². The lowest BCUT2D eigenvalue weighted by atomic mass is 10.2. The van der Waals surface area contributed by atoms with Gasteiger partial charge in [0, 0.05) is 31.8 Å². The number of thioether (sulfide) groups is 1. The lowest BCUT2D eigenvalue weighted by molar-refractivity contribution is -0.137. The maximum absolute atomic E-state index is 11.6. The van der Waals surface area contributed by atoms with Crippen LogP contribution in [0.1, 0.15) is 19.3 Å². The Morgan fingerprint density at radius 3 is 2.88 bits per heavy atom. The molecule has 1 unspecified atom stereocenters. The van der Waals surface area contributed by atoms with Gasteiger partial charge >= 0.3 is 12.0 Å². The van der Waals surface area contributed by atoms with Gasteiger partial charge < -0.3 is 15.3 Å². The van der Waals surface area contributed by atoms with E-state index in [2.05, 4.69) is 5.32 Å². The van der Waals surface area contributed by atoms with Crippen LogP contribution >= 0.6 is 11.8 Å². The highest BCUT2D eigenvalue weighted by Gasteiger charge is 2.19. The third-order valence-electron chi connectivity index (χ3n) is 2.49. The molecule has 6 heteroatoms. The number of nitrogens with one attached hydrogen (secondary N) is 1. The summed E-state index contributed by atoms with van der Waals surface area (Å²) in [5.74, 6) is 1.27. The van der Waals surface area contributed by atoms with Crippen LogP contribution in [-0.4, -0.2) is 53.1 Å². The molecule has 0 radical (unpaired) electrons. The Morgan fingerprint density at radius 1 is 1.56 bits per heavy atom. The van der Waals surface area contributed by atoms with Crippen molar-refractivity contribution in [2.45, 2.75) is 25.3 Å². The monoisotopic (exact) mass is 246 g/mol. The minimum Gasteiger partial charge on any atom is -0.481 e. The number of urea groups is 1. The van der Waals surface area contributed by atoms with Crippen LogP contribution in [0.25, 0.3) is 0 Å². The Labute approximate surface area is 99.6 Å². The van der Waals surface area contributed by atoms with Gasteiger partial charge in [-0.05, 0) is 18.6 Å². The van der Waals surface area contributed by atoms with Crippen LogP contribution in [0.3, 0.4) is 0 Å². The summed E-state index contributed by atoms with van der Waals surface area (Å²) in [7, 11) is 1.69. The van der Waals surface area contributed by atoms with Gasteiger partial charge in [-0.3, -0.25) is 4.79 Å². The Kier molecular flexibility index (Phi) is 5.45. The fraction of sp³-hybridized carbons (Fsp3) is 0.800. The number of amides is 2. The van der Waals surface area contributed by atoms with Crippen LogP contribution in [-0.2, 0) is 4.79 Å². The molecule has 2 amide bonds. The van der Waals surface area contributed by atoms with Gasteiger partial charge in [0.15, 0.2) is 0 Å². The average Bonchev–Trinajstić information content (AvgIpc) is 2.69. The van der Waals surface area contributed by atoms with E-state index < -0.39 is 5.97 Å². The molecule has 1 aliphatic rings. The lowest BCUT2D eigenvalue weighted by Gasteiger charge is -2.20. The second-order valence-corrected chi connectivity index (χ2v) is 5.08. The molecule has 1 aliphatic heterocycles. The van der Waals surface area contributed by atoms with Crippen molar-refractivity contribution < 1.29 is 14.7 Å². The van der Waals surface area contributed by atoms with E-state index >= 15 is 0 Å². The SMILES string of the molecule is CN(CCCC(=O)O)C(=O)NC1CCSC1. The maximum Gasteiger partial charge on any atom is 0.317 e. The van der Waals surface area contributed by atoms with Crippen molar-refractivity contribution in [3.05, 3.63) is 0 Å². The third kappa shape index (κ3) is 4.74. The Bertz CT molecular complexity index is 254. The Morgan fingerprint density at radius 2 is 2.31 bits per heavy atom. The molecule has 1 rings (SSSR count). The van der Waals surface area contributed by atoms with Gasteiger partial charge in [-0.2, -0.15) is 11.8 Å². The second-order valence-electron chi connectivity index (χ2n) is 3.93. The van der Waals surface area contributed by atoms with Crippen molar-refractivity contribution in [3.63, 3.8) is 0 Å². The van der Waals surface area contributed by atoms with Crippen molar-refractivity contribution >= 4 is 23.8 Å². The molecule has 1 atom stereocenters. The molecule has 0 aromatic carbocycles. The zero-order chi connectivity index (χ0) is 12.0. The number of hydrogen-bond donors (Lipinski definition) is 2. The first-order chi connectivity index (χ1) is 7.59. The number of carboxylic acids is 1. The van der Waals surface area contributed by atoms with Crippen molar-refractivity contribution in [3.8, 4) is 0 Å². The van der Waals surface area contributed by atoms with Gasteiger partial charge in [-0.1, -0.05) is 0 Å². The summed E-state index contributed by atoms with van der Waals surface area (Å²) < 4.78 is 0. The molecule has 16 heavy (non-hydrogen) atoms. The highest BCUT2D eigenvalue weighted by atomic mass is 32.2. The zero-order valence-corrected chi connectivity index (χ0v) is 10.3. The number of hydrogen-bond acceptors (Lipinski definition) is 3. The smallest absolute Gasteiger partial charge is 0.317 e. The third-order valence-corrected chi connectivity index (χ3v) is 3.65. The fourth-order valence-electron chi connectivity index (χ4n) is 1.50. The number of carbonyl (C=O) groups is 2. The highest BCUT2D eigenvalue weighted by Crippen LogP contribution is 2.17. The molecule has 5 nitrogen and oxygen atoms in total. The van der Waals surface area contributed by atoms with Crippen LogP contribution in [0.4, 0.5) is 4.79 Å². The molecule has 1 fully saturated rings. The summed E-state index contributed by atoms with van der Waals surface area (Å²) in [4.78, 5) is 23.5. The molecule has 0 spiro atoms. The van der Waals surface area contributed by atoms with Crippen molar-refractivity contribution in [1.82, 2.24) is 10.2 Å². The number of carboxylic acid groups (broad SMARTS) is 1. The molecular weight excluding hydrogens is 228 g/mol. The summed E-state index contributed by atoms with van der Waals surface area (Å²) in [5.41, 5.74) is 0. The second kappa shape index (κ2) is 6.62. The molecule has 1 heterocycles. The van der Waals surface area contributed by atoms with Gasteiger partial charge in [0.1, 0.15) is 0 Å². The van der Waals surface area contributed by atoms with E-state index in [4.69, 9.17) is 5.11 Å². The standard InChI is InChI=1S/C10H18N2O3S/c1-12(5-2-3-9(13)14)10(15)11-8-4-6-16-7-8/h8H,2-7H2,1H3,(H,11,15)(H,13,14). The van der Waals surface area contributed by atoms with Crippen molar-refractivity contribution in [1.29, 1.82) is 0 Å². The highest BCUT2D eigenvalue weighted by molar-refractivity contribution is 7.99. The van der Waals surface area contributed by atoms with Crippen molar-refractivity contribution in [2.24, 2.45) is 0 Å². The summed E-state index contributed by atoms with van der Waals surface area (Å²) in [5, 5.41) is 11.4. The van der Waals surface area contributed by atoms with E-state index in [1.165, 1.54) is 0 Å². The molecule has 2 N–H and O–H groups in total. The Balaban J connectivity index is 2.16. The largest absolute Gasteiger partial charge is 0.481 e. The van der Waals surface area contributed by atoms with Gasteiger partial charge in [-0.25, -0.2) is 4.79 Å². The van der Waals surface area contributed by atoms with Gasteiger partial charge in [0.2, 0.25) is 0 Å². The van der Waals surface area contributed by atoms with Crippen LogP contribution in [0.5, 0.6) is 0 Å². The number of nitrogens with zero attached hydrogens (tertiary/aromatic N) is 1. The van der Waals surface area contributed by atoms with E-state index in [0.29, 0.717) is 13.0 Å². The first kappa shape index (κ1) is 13.2. The molecule has 0 saturated carbocycles. The number of rotatable bonds is 5. The molecule has 0 aromatic heterocycles. The van der Waals surface area contributed by atoms with E-state index in [9.17, 15) is 9.59 Å². The Hall–Kier alpha value is -0.910. The molecule has 0 aromatic rings. The van der Waals surface area contributed by atoms with Gasteiger partial charge in [-0.15, -0.1) is 0 Å². The summed E-state index contributed by atoms with van der Waals surface area (Å²) >= 11 is 1.85. The average molecular weight is 246 g/mol. The first-order valence-electron chi connectivity index (χ1n) is 5.40. The van der Waals surface area contributed by atoms with Crippen molar-refractivity contribution in [2.75, 3.05) is 25.1 Å². The summed E-state index contributed by atoms with van der Waals surface area (Å²) in [6.45, 7) is 0.484. The minimum atomic E-state index is -0.819. The van der Waals surface area contributed by atoms with Crippen LogP contribution in [0.2, 0.25) is 0 Å². The number of aliphatic carboxylic acids is 1. The van der Waals surface area contributed by atoms with E-state index in [1.54, 1.807) is 11.9 Å². The predicted molar refractivity (Wildman–Crippen MR) is 63.8 cm³/mol. The maximum atomic E-state index is 11.6. The topological polar surface area (TPSA) is 69.6 Å². The van der Waals surface area contributed by atoms with E-state index in [1.807, 2.05) is 11.8 Å². The normalized spacial score (nSPS) is 19.4. The summed E-state index contributed by atoms with van der Waals surface area (Å²) in [6.07, 6.45) is 1.63. The zero-order valence-electron chi connectivity index (χ0n) is 9.44. The van der Waals surface area contributed by atoms with E-state index in [-0.39, 0.29) is 18.5 Å². The molecule has 1 saturated heterocycles. The first-order valence-corrected chi connectivity index (χ1v) is 6.56. The molecule has 92 valence electrons. The predicted octanol–water partition coefficient (Wildman–Crippen LogP) is 0.998. The quantitative estimate of drug-likeness (QED) is 0.759. The van der Waals surface area contributed by atoms with Gasteiger partial charge in [0.05, 0.1) is 0 Å². The molecule has 0 aliphatic carbocycles.